The Labute approximate surface area is 139 Å². The summed E-state index contributed by atoms with van der Waals surface area (Å²) >= 11 is 0. The molecule has 2 aromatic rings. The van der Waals surface area contributed by atoms with Gasteiger partial charge in [-0.05, 0) is 51.0 Å². The number of anilines is 1. The van der Waals surface area contributed by atoms with Crippen LogP contribution in [0.1, 0.15) is 33.1 Å². The molecule has 0 fully saturated rings. The Bertz CT molecular complexity index is 533. The third-order valence-corrected chi connectivity index (χ3v) is 3.77. The summed E-state index contributed by atoms with van der Waals surface area (Å²) in [6.45, 7) is 8.95. The molecule has 0 aliphatic heterocycles. The molecular formula is C19H28N4. The highest BCUT2D eigenvalue weighted by atomic mass is 15.2. The Morgan fingerprint density at radius 3 is 2.22 bits per heavy atom. The van der Waals surface area contributed by atoms with E-state index in [1.807, 2.05) is 42.5 Å². The lowest BCUT2D eigenvalue weighted by atomic mass is 10.1. The second-order valence-electron chi connectivity index (χ2n) is 5.79. The summed E-state index contributed by atoms with van der Waals surface area (Å²) in [5, 5.41) is 11.9. The fourth-order valence-electron chi connectivity index (χ4n) is 2.68. The number of nitrogens with zero attached hydrogens (tertiary/aromatic N) is 3. The monoisotopic (exact) mass is 312 g/mol. The van der Waals surface area contributed by atoms with E-state index in [9.17, 15) is 0 Å². The fourth-order valence-corrected chi connectivity index (χ4v) is 2.68. The first-order valence-corrected chi connectivity index (χ1v) is 8.69. The van der Waals surface area contributed by atoms with E-state index in [1.165, 1.54) is 25.9 Å². The average molecular weight is 312 g/mol. The largest absolute Gasteiger partial charge is 0.369 e. The molecule has 1 N–H and O–H groups in total. The third-order valence-electron chi connectivity index (χ3n) is 3.77. The van der Waals surface area contributed by atoms with E-state index in [0.29, 0.717) is 0 Å². The predicted octanol–water partition coefficient (Wildman–Crippen LogP) is 4.07. The van der Waals surface area contributed by atoms with Crippen molar-refractivity contribution in [3.63, 3.8) is 0 Å². The minimum Gasteiger partial charge on any atom is -0.369 e. The maximum Gasteiger partial charge on any atom is 0.148 e. The number of rotatable bonds is 10. The molecule has 0 saturated carbocycles. The molecule has 0 atom stereocenters. The standard InChI is InChI=1S/C19H28N4/c1-3-14-23(15-4-2)16-8-13-20-19-12-11-18(21-22-19)17-9-6-5-7-10-17/h5-7,9-12H,3-4,8,13-16H2,1-2H3,(H,20,22). The van der Waals surface area contributed by atoms with Crippen LogP contribution in [-0.2, 0) is 0 Å². The Balaban J connectivity index is 1.76. The first kappa shape index (κ1) is 17.4. The van der Waals surface area contributed by atoms with Crippen LogP contribution in [0.5, 0.6) is 0 Å². The topological polar surface area (TPSA) is 41.0 Å². The molecule has 1 heterocycles. The fraction of sp³-hybridized carbons (Fsp3) is 0.474. The van der Waals surface area contributed by atoms with E-state index in [1.54, 1.807) is 0 Å². The summed E-state index contributed by atoms with van der Waals surface area (Å²) in [5.41, 5.74) is 2.01. The highest BCUT2D eigenvalue weighted by Crippen LogP contribution is 2.16. The van der Waals surface area contributed by atoms with Gasteiger partial charge in [-0.25, -0.2) is 0 Å². The van der Waals surface area contributed by atoms with Crippen LogP contribution in [0.4, 0.5) is 5.82 Å². The van der Waals surface area contributed by atoms with Crippen molar-refractivity contribution in [2.45, 2.75) is 33.1 Å². The van der Waals surface area contributed by atoms with Crippen LogP contribution in [0.15, 0.2) is 42.5 Å². The van der Waals surface area contributed by atoms with Crippen LogP contribution in [0.2, 0.25) is 0 Å². The van der Waals surface area contributed by atoms with Gasteiger partial charge in [-0.1, -0.05) is 44.2 Å². The Morgan fingerprint density at radius 2 is 1.61 bits per heavy atom. The summed E-state index contributed by atoms with van der Waals surface area (Å²) in [7, 11) is 0. The van der Waals surface area contributed by atoms with Crippen LogP contribution >= 0.6 is 0 Å². The molecule has 4 heteroatoms. The Hall–Kier alpha value is -1.94. The maximum atomic E-state index is 4.30. The maximum absolute atomic E-state index is 4.30. The molecule has 0 amide bonds. The molecule has 23 heavy (non-hydrogen) atoms. The number of hydrogen-bond donors (Lipinski definition) is 1. The third kappa shape index (κ3) is 5.99. The van der Waals surface area contributed by atoms with Gasteiger partial charge in [0.25, 0.3) is 0 Å². The number of benzene rings is 1. The van der Waals surface area contributed by atoms with E-state index in [2.05, 4.69) is 34.3 Å². The molecule has 4 nitrogen and oxygen atoms in total. The molecule has 2 rings (SSSR count). The Morgan fingerprint density at radius 1 is 0.870 bits per heavy atom. The van der Waals surface area contributed by atoms with Gasteiger partial charge in [-0.3, -0.25) is 0 Å². The molecule has 0 radical (unpaired) electrons. The van der Waals surface area contributed by atoms with E-state index in [4.69, 9.17) is 0 Å². The van der Waals surface area contributed by atoms with Crippen molar-refractivity contribution in [1.29, 1.82) is 0 Å². The van der Waals surface area contributed by atoms with Crippen LogP contribution in [-0.4, -0.2) is 41.3 Å². The summed E-state index contributed by atoms with van der Waals surface area (Å²) in [6.07, 6.45) is 3.57. The van der Waals surface area contributed by atoms with Crippen molar-refractivity contribution in [3.8, 4) is 11.3 Å². The molecule has 0 spiro atoms. The molecule has 1 aromatic carbocycles. The first-order valence-electron chi connectivity index (χ1n) is 8.69. The van der Waals surface area contributed by atoms with Crippen molar-refractivity contribution < 1.29 is 0 Å². The van der Waals surface area contributed by atoms with Crippen LogP contribution in [0.25, 0.3) is 11.3 Å². The quantitative estimate of drug-likeness (QED) is 0.672. The first-order chi connectivity index (χ1) is 11.3. The highest BCUT2D eigenvalue weighted by molar-refractivity contribution is 5.59. The van der Waals surface area contributed by atoms with Crippen molar-refractivity contribution in [1.82, 2.24) is 15.1 Å². The van der Waals surface area contributed by atoms with Crippen LogP contribution < -0.4 is 5.32 Å². The molecule has 124 valence electrons. The minimum absolute atomic E-state index is 0.849. The van der Waals surface area contributed by atoms with Gasteiger partial charge in [0, 0.05) is 12.1 Å². The number of aromatic nitrogens is 2. The van der Waals surface area contributed by atoms with Gasteiger partial charge in [-0.15, -0.1) is 10.2 Å². The van der Waals surface area contributed by atoms with Gasteiger partial charge in [0.2, 0.25) is 0 Å². The summed E-state index contributed by atoms with van der Waals surface area (Å²) in [4.78, 5) is 2.53. The zero-order valence-electron chi connectivity index (χ0n) is 14.3. The normalized spacial score (nSPS) is 10.9. The van der Waals surface area contributed by atoms with Crippen molar-refractivity contribution >= 4 is 5.82 Å². The Kier molecular flexibility index (Phi) is 7.54. The van der Waals surface area contributed by atoms with Gasteiger partial charge < -0.3 is 10.2 Å². The lowest BCUT2D eigenvalue weighted by Crippen LogP contribution is -2.27. The summed E-state index contributed by atoms with van der Waals surface area (Å²) in [6, 6.07) is 14.2. The second kappa shape index (κ2) is 9.95. The molecule has 0 unspecified atom stereocenters. The predicted molar refractivity (Wildman–Crippen MR) is 97.6 cm³/mol. The molecule has 0 saturated heterocycles. The number of hydrogen-bond acceptors (Lipinski definition) is 4. The molecule has 0 bridgehead atoms. The van der Waals surface area contributed by atoms with Crippen molar-refractivity contribution in [2.24, 2.45) is 0 Å². The smallest absolute Gasteiger partial charge is 0.148 e. The average Bonchev–Trinajstić information content (AvgIpc) is 2.60. The van der Waals surface area contributed by atoms with E-state index in [-0.39, 0.29) is 0 Å². The lowest BCUT2D eigenvalue weighted by Gasteiger charge is -2.20. The number of nitrogens with one attached hydrogen (secondary N) is 1. The zero-order valence-corrected chi connectivity index (χ0v) is 14.3. The van der Waals surface area contributed by atoms with Gasteiger partial charge in [0.05, 0.1) is 5.69 Å². The van der Waals surface area contributed by atoms with Crippen molar-refractivity contribution in [3.05, 3.63) is 42.5 Å². The zero-order chi connectivity index (χ0) is 16.3. The van der Waals surface area contributed by atoms with Crippen LogP contribution in [0, 0.1) is 0 Å². The SMILES string of the molecule is CCCN(CCC)CCCNc1ccc(-c2ccccc2)nn1. The molecule has 0 aliphatic rings. The molecular weight excluding hydrogens is 284 g/mol. The highest BCUT2D eigenvalue weighted by Gasteiger charge is 2.03. The second-order valence-corrected chi connectivity index (χ2v) is 5.79. The van der Waals surface area contributed by atoms with Gasteiger partial charge in [-0.2, -0.15) is 0 Å². The summed E-state index contributed by atoms with van der Waals surface area (Å²) < 4.78 is 0. The lowest BCUT2D eigenvalue weighted by molar-refractivity contribution is 0.274. The van der Waals surface area contributed by atoms with Crippen molar-refractivity contribution in [2.75, 3.05) is 31.5 Å². The minimum atomic E-state index is 0.849. The van der Waals surface area contributed by atoms with Crippen LogP contribution in [0.3, 0.4) is 0 Å². The van der Waals surface area contributed by atoms with E-state index >= 15 is 0 Å². The van der Waals surface area contributed by atoms with E-state index in [0.717, 1.165) is 36.6 Å². The van der Waals surface area contributed by atoms with Gasteiger partial charge in [0.15, 0.2) is 0 Å². The van der Waals surface area contributed by atoms with Gasteiger partial charge in [0.1, 0.15) is 5.82 Å². The van der Waals surface area contributed by atoms with E-state index < -0.39 is 0 Å². The molecule has 1 aromatic heterocycles. The summed E-state index contributed by atoms with van der Waals surface area (Å²) in [5.74, 6) is 0.849. The van der Waals surface area contributed by atoms with Gasteiger partial charge >= 0.3 is 0 Å². The molecule has 0 aliphatic carbocycles.